The maximum Gasteiger partial charge on any atom is 0.305 e. The van der Waals surface area contributed by atoms with Gasteiger partial charge in [-0.3, -0.25) is 4.79 Å². The number of carbonyl (C=O) groups is 1. The lowest BCUT2D eigenvalue weighted by atomic mass is 10.0. The number of esters is 1. The van der Waals surface area contributed by atoms with Crippen molar-refractivity contribution in [3.63, 3.8) is 0 Å². The number of anilines is 1. The third kappa shape index (κ3) is 4.20. The SMILES string of the molecule is COC(=O)CCc1csc(NC(C)C2CCCC2)n1. The van der Waals surface area contributed by atoms with Crippen LogP contribution in [0, 0.1) is 5.92 Å². The van der Waals surface area contributed by atoms with Crippen LogP contribution in [0.5, 0.6) is 0 Å². The van der Waals surface area contributed by atoms with Gasteiger partial charge in [-0.15, -0.1) is 11.3 Å². The number of methoxy groups -OCH3 is 1. The quantitative estimate of drug-likeness (QED) is 0.814. The Morgan fingerprint density at radius 3 is 3.00 bits per heavy atom. The van der Waals surface area contributed by atoms with Gasteiger partial charge >= 0.3 is 5.97 Å². The lowest BCUT2D eigenvalue weighted by Crippen LogP contribution is -2.23. The zero-order valence-corrected chi connectivity index (χ0v) is 12.5. The van der Waals surface area contributed by atoms with Gasteiger partial charge in [-0.25, -0.2) is 4.98 Å². The van der Waals surface area contributed by atoms with Crippen LogP contribution in [0.2, 0.25) is 0 Å². The third-order valence-electron chi connectivity index (χ3n) is 3.82. The van der Waals surface area contributed by atoms with E-state index in [1.54, 1.807) is 11.3 Å². The Morgan fingerprint density at radius 2 is 2.32 bits per heavy atom. The predicted octanol–water partition coefficient (Wildman–Crippen LogP) is 3.24. The molecule has 1 fully saturated rings. The number of ether oxygens (including phenoxy) is 1. The highest BCUT2D eigenvalue weighted by Crippen LogP contribution is 2.29. The molecule has 0 aromatic carbocycles. The molecule has 1 aliphatic rings. The van der Waals surface area contributed by atoms with Gasteiger partial charge in [0.2, 0.25) is 0 Å². The molecule has 0 radical (unpaired) electrons. The summed E-state index contributed by atoms with van der Waals surface area (Å²) >= 11 is 1.62. The lowest BCUT2D eigenvalue weighted by Gasteiger charge is -2.19. The van der Waals surface area contributed by atoms with E-state index in [2.05, 4.69) is 22.0 Å². The Kier molecular flexibility index (Phi) is 5.19. The summed E-state index contributed by atoms with van der Waals surface area (Å²) in [6.45, 7) is 2.24. The first-order valence-electron chi connectivity index (χ1n) is 6.97. The van der Waals surface area contributed by atoms with Gasteiger partial charge in [-0.05, 0) is 25.7 Å². The van der Waals surface area contributed by atoms with Crippen molar-refractivity contribution in [3.8, 4) is 0 Å². The first kappa shape index (κ1) is 14.3. The Morgan fingerprint density at radius 1 is 1.58 bits per heavy atom. The summed E-state index contributed by atoms with van der Waals surface area (Å²) < 4.78 is 4.63. The minimum absolute atomic E-state index is 0.179. The second-order valence-electron chi connectivity index (χ2n) is 5.20. The van der Waals surface area contributed by atoms with Gasteiger partial charge in [-0.1, -0.05) is 12.8 Å². The smallest absolute Gasteiger partial charge is 0.305 e. The fourth-order valence-electron chi connectivity index (χ4n) is 2.59. The van der Waals surface area contributed by atoms with Gasteiger partial charge < -0.3 is 10.1 Å². The number of aryl methyl sites for hydroxylation is 1. The third-order valence-corrected chi connectivity index (χ3v) is 4.65. The van der Waals surface area contributed by atoms with E-state index in [9.17, 15) is 4.79 Å². The molecule has 1 heterocycles. The van der Waals surface area contributed by atoms with Crippen molar-refractivity contribution < 1.29 is 9.53 Å². The summed E-state index contributed by atoms with van der Waals surface area (Å²) in [5.41, 5.74) is 0.969. The first-order valence-corrected chi connectivity index (χ1v) is 7.84. The van der Waals surface area contributed by atoms with Gasteiger partial charge in [0.15, 0.2) is 5.13 Å². The molecule has 0 aliphatic heterocycles. The van der Waals surface area contributed by atoms with Gasteiger partial charge in [0.25, 0.3) is 0 Å². The van der Waals surface area contributed by atoms with Crippen molar-refractivity contribution in [3.05, 3.63) is 11.1 Å². The molecule has 5 heteroatoms. The molecule has 1 aromatic rings. The topological polar surface area (TPSA) is 51.2 Å². The van der Waals surface area contributed by atoms with Crippen molar-refractivity contribution in [2.75, 3.05) is 12.4 Å². The number of aromatic nitrogens is 1. The van der Waals surface area contributed by atoms with E-state index in [1.807, 2.05) is 5.38 Å². The summed E-state index contributed by atoms with van der Waals surface area (Å²) in [6, 6.07) is 0.488. The van der Waals surface area contributed by atoms with Gasteiger partial charge in [0.05, 0.1) is 19.2 Å². The summed E-state index contributed by atoms with van der Waals surface area (Å²) in [5, 5.41) is 6.49. The highest BCUT2D eigenvalue weighted by atomic mass is 32.1. The molecule has 19 heavy (non-hydrogen) atoms. The van der Waals surface area contributed by atoms with Crippen LogP contribution in [0.3, 0.4) is 0 Å². The summed E-state index contributed by atoms with van der Waals surface area (Å²) in [4.78, 5) is 15.6. The van der Waals surface area contributed by atoms with Gasteiger partial charge in [-0.2, -0.15) is 0 Å². The minimum Gasteiger partial charge on any atom is -0.469 e. The standard InChI is InChI=1S/C14H22N2O2S/c1-10(11-5-3-4-6-11)15-14-16-12(9-19-14)7-8-13(17)18-2/h9-11H,3-8H2,1-2H3,(H,15,16). The van der Waals surface area contributed by atoms with E-state index in [0.717, 1.165) is 16.7 Å². The summed E-state index contributed by atoms with van der Waals surface area (Å²) in [5.74, 6) is 0.601. The van der Waals surface area contributed by atoms with Crippen molar-refractivity contribution in [1.29, 1.82) is 0 Å². The van der Waals surface area contributed by atoms with Crippen LogP contribution >= 0.6 is 11.3 Å². The molecule has 0 bridgehead atoms. The van der Waals surface area contributed by atoms with Crippen LogP contribution in [0.15, 0.2) is 5.38 Å². The number of hydrogen-bond acceptors (Lipinski definition) is 5. The zero-order chi connectivity index (χ0) is 13.7. The normalized spacial score (nSPS) is 17.4. The van der Waals surface area contributed by atoms with Crippen LogP contribution in [-0.4, -0.2) is 24.1 Å². The van der Waals surface area contributed by atoms with Crippen LogP contribution in [0.1, 0.15) is 44.7 Å². The minimum atomic E-state index is -0.179. The van der Waals surface area contributed by atoms with E-state index in [-0.39, 0.29) is 5.97 Å². The Bertz CT molecular complexity index is 413. The van der Waals surface area contributed by atoms with Gasteiger partial charge in [0, 0.05) is 17.8 Å². The van der Waals surface area contributed by atoms with Crippen molar-refractivity contribution in [2.24, 2.45) is 5.92 Å². The zero-order valence-electron chi connectivity index (χ0n) is 11.6. The van der Waals surface area contributed by atoms with Crippen LogP contribution in [0.4, 0.5) is 5.13 Å². The number of nitrogens with one attached hydrogen (secondary N) is 1. The van der Waals surface area contributed by atoms with Crippen LogP contribution < -0.4 is 5.32 Å². The predicted molar refractivity (Wildman–Crippen MR) is 77.5 cm³/mol. The Hall–Kier alpha value is -1.10. The van der Waals surface area contributed by atoms with Crippen molar-refractivity contribution in [1.82, 2.24) is 4.98 Å². The van der Waals surface area contributed by atoms with Gasteiger partial charge in [0.1, 0.15) is 0 Å². The number of rotatable bonds is 6. The summed E-state index contributed by atoms with van der Waals surface area (Å²) in [7, 11) is 1.42. The molecule has 1 aromatic heterocycles. The molecule has 4 nitrogen and oxygen atoms in total. The average Bonchev–Trinajstić information content (AvgIpc) is 3.07. The molecule has 2 rings (SSSR count). The van der Waals surface area contributed by atoms with Crippen molar-refractivity contribution >= 4 is 22.4 Å². The van der Waals surface area contributed by atoms with Crippen molar-refractivity contribution in [2.45, 2.75) is 51.5 Å². The second kappa shape index (κ2) is 6.89. The summed E-state index contributed by atoms with van der Waals surface area (Å²) in [6.07, 6.45) is 6.43. The maximum absolute atomic E-state index is 11.1. The molecule has 106 valence electrons. The maximum atomic E-state index is 11.1. The van der Waals surface area contributed by atoms with E-state index >= 15 is 0 Å². The van der Waals surface area contributed by atoms with E-state index < -0.39 is 0 Å². The lowest BCUT2D eigenvalue weighted by molar-refractivity contribution is -0.140. The Labute approximate surface area is 118 Å². The average molecular weight is 282 g/mol. The van der Waals surface area contributed by atoms with Crippen LogP contribution in [-0.2, 0) is 16.0 Å². The number of hydrogen-bond donors (Lipinski definition) is 1. The molecule has 1 aliphatic carbocycles. The van der Waals surface area contributed by atoms with E-state index in [4.69, 9.17) is 0 Å². The highest BCUT2D eigenvalue weighted by Gasteiger charge is 2.21. The van der Waals surface area contributed by atoms with E-state index in [1.165, 1.54) is 32.8 Å². The molecule has 0 saturated heterocycles. The molecule has 1 saturated carbocycles. The second-order valence-corrected chi connectivity index (χ2v) is 6.06. The number of carbonyl (C=O) groups excluding carboxylic acids is 1. The fraction of sp³-hybridized carbons (Fsp3) is 0.714. The largest absolute Gasteiger partial charge is 0.469 e. The molecule has 1 N–H and O–H groups in total. The first-order chi connectivity index (χ1) is 9.19. The molecular weight excluding hydrogens is 260 g/mol. The van der Waals surface area contributed by atoms with E-state index in [0.29, 0.717) is 18.9 Å². The Balaban J connectivity index is 1.81. The number of thiazole rings is 1. The molecule has 1 unspecified atom stereocenters. The van der Waals surface area contributed by atoms with Crippen LogP contribution in [0.25, 0.3) is 0 Å². The fourth-order valence-corrected chi connectivity index (χ4v) is 3.43. The molecule has 1 atom stereocenters. The molecular formula is C14H22N2O2S. The number of nitrogens with zero attached hydrogens (tertiary/aromatic N) is 1. The molecule has 0 amide bonds. The highest BCUT2D eigenvalue weighted by molar-refractivity contribution is 7.13. The monoisotopic (exact) mass is 282 g/mol. The molecule has 0 spiro atoms.